The lowest BCUT2D eigenvalue weighted by Gasteiger charge is -2.11. The van der Waals surface area contributed by atoms with Crippen LogP contribution in [0, 0.1) is 0 Å². The molecule has 2 N–H and O–H groups in total. The number of nitrogens with zero attached hydrogens (tertiary/aromatic N) is 1. The Morgan fingerprint density at radius 3 is 1.75 bits per heavy atom. The number of amidine groups is 1. The first-order chi connectivity index (χ1) is 3.42. The van der Waals surface area contributed by atoms with Gasteiger partial charge in [-0.05, 0) is 27.7 Å². The van der Waals surface area contributed by atoms with Crippen molar-refractivity contribution in [1.29, 1.82) is 0 Å². The van der Waals surface area contributed by atoms with Crippen molar-refractivity contribution in [3.8, 4) is 0 Å². The molecular weight excluding hydrogens is 100 g/mol. The summed E-state index contributed by atoms with van der Waals surface area (Å²) in [6, 6.07) is 0. The maximum absolute atomic E-state index is 5.33. The molecule has 48 valence electrons. The largest absolute Gasteiger partial charge is 0.388 e. The van der Waals surface area contributed by atoms with E-state index in [9.17, 15) is 0 Å². The lowest BCUT2D eigenvalue weighted by molar-refractivity contribution is 0.582. The third kappa shape index (κ3) is 5.47. The molecule has 0 saturated heterocycles. The van der Waals surface area contributed by atoms with Crippen LogP contribution in [0.2, 0.25) is 0 Å². The molecule has 0 aromatic carbocycles. The van der Waals surface area contributed by atoms with Crippen LogP contribution in [-0.2, 0) is 0 Å². The van der Waals surface area contributed by atoms with E-state index in [0.29, 0.717) is 5.84 Å². The van der Waals surface area contributed by atoms with Crippen LogP contribution >= 0.6 is 0 Å². The fourth-order valence-corrected chi connectivity index (χ4v) is 0.529. The average Bonchev–Trinajstić information content (AvgIpc) is 1.21. The first kappa shape index (κ1) is 7.47. The summed E-state index contributed by atoms with van der Waals surface area (Å²) < 4.78 is 0. The predicted octanol–water partition coefficient (Wildman–Crippen LogP) is 1.16. The van der Waals surface area contributed by atoms with E-state index in [1.165, 1.54) is 0 Å². The van der Waals surface area contributed by atoms with Crippen molar-refractivity contribution < 1.29 is 0 Å². The second-order valence-electron chi connectivity index (χ2n) is 2.92. The van der Waals surface area contributed by atoms with Gasteiger partial charge in [0, 0.05) is 0 Å². The first-order valence-corrected chi connectivity index (χ1v) is 2.74. The van der Waals surface area contributed by atoms with E-state index < -0.39 is 0 Å². The number of hydrogen-bond donors (Lipinski definition) is 1. The molecule has 0 aromatic heterocycles. The third-order valence-corrected chi connectivity index (χ3v) is 0.512. The zero-order valence-electron chi connectivity index (χ0n) is 6.02. The summed E-state index contributed by atoms with van der Waals surface area (Å²) in [5.41, 5.74) is 5.31. The zero-order valence-corrected chi connectivity index (χ0v) is 6.02. The molecule has 2 heteroatoms. The highest BCUT2D eigenvalue weighted by atomic mass is 14.9. The van der Waals surface area contributed by atoms with Crippen molar-refractivity contribution in [1.82, 2.24) is 0 Å². The Kier molecular flexibility index (Phi) is 2.02. The summed E-state index contributed by atoms with van der Waals surface area (Å²) in [5.74, 6) is 0.650. The fourth-order valence-electron chi connectivity index (χ4n) is 0.529. The monoisotopic (exact) mass is 114 g/mol. The number of hydrogen-bond acceptors (Lipinski definition) is 1. The van der Waals surface area contributed by atoms with Crippen LogP contribution in [0.1, 0.15) is 27.7 Å². The minimum Gasteiger partial charge on any atom is -0.388 e. The van der Waals surface area contributed by atoms with Crippen LogP contribution in [-0.4, -0.2) is 11.4 Å². The molecular formula is C6H14N2. The Morgan fingerprint density at radius 1 is 1.38 bits per heavy atom. The molecule has 0 bridgehead atoms. The molecule has 0 fully saturated rings. The molecule has 0 saturated carbocycles. The maximum Gasteiger partial charge on any atom is 0.0912 e. The lowest BCUT2D eigenvalue weighted by atomic mass is 10.1. The fraction of sp³-hybridized carbons (Fsp3) is 0.833. The predicted molar refractivity (Wildman–Crippen MR) is 37.0 cm³/mol. The molecule has 0 heterocycles. The zero-order chi connectivity index (χ0) is 6.78. The van der Waals surface area contributed by atoms with E-state index in [0.717, 1.165) is 0 Å². The second-order valence-corrected chi connectivity index (χ2v) is 2.92. The number of aliphatic imine (C=N–C) groups is 1. The summed E-state index contributed by atoms with van der Waals surface area (Å²) in [5, 5.41) is 0. The van der Waals surface area contributed by atoms with E-state index in [-0.39, 0.29) is 5.54 Å². The van der Waals surface area contributed by atoms with Gasteiger partial charge in [-0.3, -0.25) is 4.99 Å². The average molecular weight is 114 g/mol. The maximum atomic E-state index is 5.33. The number of rotatable bonds is 0. The van der Waals surface area contributed by atoms with Crippen LogP contribution < -0.4 is 5.73 Å². The molecule has 0 amide bonds. The van der Waals surface area contributed by atoms with E-state index in [2.05, 4.69) is 4.99 Å². The molecule has 0 aromatic rings. The second kappa shape index (κ2) is 2.16. The van der Waals surface area contributed by atoms with E-state index in [4.69, 9.17) is 5.73 Å². The number of nitrogens with two attached hydrogens (primary N) is 1. The molecule has 0 spiro atoms. The summed E-state index contributed by atoms with van der Waals surface area (Å²) in [6.07, 6.45) is 0. The summed E-state index contributed by atoms with van der Waals surface area (Å²) >= 11 is 0. The summed E-state index contributed by atoms with van der Waals surface area (Å²) in [4.78, 5) is 4.10. The van der Waals surface area contributed by atoms with Crippen molar-refractivity contribution in [3.63, 3.8) is 0 Å². The van der Waals surface area contributed by atoms with Gasteiger partial charge in [-0.25, -0.2) is 0 Å². The van der Waals surface area contributed by atoms with Crippen molar-refractivity contribution in [2.75, 3.05) is 0 Å². The standard InChI is InChI=1S/C6H14N2/c1-5(7)8-6(2,3)4/h1-4H3,(H2,7,8). The molecule has 0 aliphatic carbocycles. The SMILES string of the molecule is CC(N)=NC(C)(C)C. The molecule has 0 rings (SSSR count). The summed E-state index contributed by atoms with van der Waals surface area (Å²) in [7, 11) is 0. The lowest BCUT2D eigenvalue weighted by Crippen LogP contribution is -2.17. The van der Waals surface area contributed by atoms with E-state index >= 15 is 0 Å². The van der Waals surface area contributed by atoms with Gasteiger partial charge < -0.3 is 5.73 Å². The van der Waals surface area contributed by atoms with Crippen molar-refractivity contribution in [2.24, 2.45) is 10.7 Å². The minimum absolute atomic E-state index is 0.0150. The molecule has 2 nitrogen and oxygen atoms in total. The van der Waals surface area contributed by atoms with E-state index in [1.807, 2.05) is 20.8 Å². The Hall–Kier alpha value is -0.530. The van der Waals surface area contributed by atoms with Crippen molar-refractivity contribution >= 4 is 5.84 Å². The Balaban J connectivity index is 3.89. The smallest absolute Gasteiger partial charge is 0.0912 e. The quantitative estimate of drug-likeness (QED) is 0.372. The highest BCUT2D eigenvalue weighted by Crippen LogP contribution is 2.04. The van der Waals surface area contributed by atoms with Crippen molar-refractivity contribution in [2.45, 2.75) is 33.2 Å². The van der Waals surface area contributed by atoms with Gasteiger partial charge >= 0.3 is 0 Å². The van der Waals surface area contributed by atoms with Crippen LogP contribution in [0.3, 0.4) is 0 Å². The van der Waals surface area contributed by atoms with Gasteiger partial charge in [0.15, 0.2) is 0 Å². The third-order valence-electron chi connectivity index (χ3n) is 0.512. The topological polar surface area (TPSA) is 38.4 Å². The molecule has 0 radical (unpaired) electrons. The molecule has 0 aliphatic rings. The molecule has 0 unspecified atom stereocenters. The van der Waals surface area contributed by atoms with E-state index in [1.54, 1.807) is 6.92 Å². The Morgan fingerprint density at radius 2 is 1.75 bits per heavy atom. The first-order valence-electron chi connectivity index (χ1n) is 2.74. The van der Waals surface area contributed by atoms with Crippen LogP contribution in [0.4, 0.5) is 0 Å². The van der Waals surface area contributed by atoms with Gasteiger partial charge in [-0.2, -0.15) is 0 Å². The van der Waals surface area contributed by atoms with Gasteiger partial charge in [-0.15, -0.1) is 0 Å². The van der Waals surface area contributed by atoms with Gasteiger partial charge in [0.2, 0.25) is 0 Å². The van der Waals surface area contributed by atoms with Crippen LogP contribution in [0.5, 0.6) is 0 Å². The van der Waals surface area contributed by atoms with Crippen LogP contribution in [0.25, 0.3) is 0 Å². The Bertz CT molecular complexity index is 93.6. The van der Waals surface area contributed by atoms with Gasteiger partial charge in [0.05, 0.1) is 11.4 Å². The molecule has 8 heavy (non-hydrogen) atoms. The molecule has 0 atom stereocenters. The normalized spacial score (nSPS) is 14.2. The summed E-state index contributed by atoms with van der Waals surface area (Å²) in [6.45, 7) is 7.85. The highest BCUT2D eigenvalue weighted by Gasteiger charge is 2.04. The Labute approximate surface area is 50.8 Å². The van der Waals surface area contributed by atoms with Gasteiger partial charge in [-0.1, -0.05) is 0 Å². The van der Waals surface area contributed by atoms with Crippen LogP contribution in [0.15, 0.2) is 4.99 Å². The van der Waals surface area contributed by atoms with Gasteiger partial charge in [0.25, 0.3) is 0 Å². The molecule has 0 aliphatic heterocycles. The van der Waals surface area contributed by atoms with Crippen molar-refractivity contribution in [3.05, 3.63) is 0 Å². The minimum atomic E-state index is -0.0150. The highest BCUT2D eigenvalue weighted by molar-refractivity contribution is 5.77. The van der Waals surface area contributed by atoms with Gasteiger partial charge in [0.1, 0.15) is 0 Å².